The van der Waals surface area contributed by atoms with Crippen molar-refractivity contribution in [3.8, 4) is 11.5 Å². The molecule has 2 fully saturated rings. The number of aromatic hydroxyl groups is 1. The molecule has 0 spiro atoms. The van der Waals surface area contributed by atoms with Gasteiger partial charge in [-0.2, -0.15) is 0 Å². The van der Waals surface area contributed by atoms with Gasteiger partial charge in [0.1, 0.15) is 11.5 Å². The smallest absolute Gasteiger partial charge is 0.120 e. The third kappa shape index (κ3) is 4.17. The van der Waals surface area contributed by atoms with E-state index in [-0.39, 0.29) is 0 Å². The molecule has 0 radical (unpaired) electrons. The fraction of sp³-hybridized carbons (Fsp3) is 0.478. The van der Waals surface area contributed by atoms with Gasteiger partial charge in [0.15, 0.2) is 0 Å². The zero-order chi connectivity index (χ0) is 19.5. The monoisotopic (exact) mass is 381 g/mol. The van der Waals surface area contributed by atoms with Gasteiger partial charge in [-0.15, -0.1) is 0 Å². The van der Waals surface area contributed by atoms with E-state index in [0.717, 1.165) is 37.5 Å². The number of hydrazine groups is 1. The Morgan fingerprint density at radius 2 is 2.11 bits per heavy atom. The van der Waals surface area contributed by atoms with Gasteiger partial charge in [-0.05, 0) is 56.0 Å². The highest BCUT2D eigenvalue weighted by molar-refractivity contribution is 5.39. The SMILES string of the molecule is COc1ccc(O)c(CN2CCCC(C3NNCC3c3cccc(C)c3)C2)c1. The van der Waals surface area contributed by atoms with Crippen molar-refractivity contribution in [2.45, 2.75) is 38.3 Å². The molecule has 0 amide bonds. The van der Waals surface area contributed by atoms with E-state index in [9.17, 15) is 5.11 Å². The van der Waals surface area contributed by atoms with Gasteiger partial charge in [0.05, 0.1) is 7.11 Å². The van der Waals surface area contributed by atoms with E-state index in [2.05, 4.69) is 46.9 Å². The fourth-order valence-electron chi connectivity index (χ4n) is 4.77. The molecule has 3 atom stereocenters. The molecule has 2 saturated heterocycles. The Kier molecular flexibility index (Phi) is 5.85. The summed E-state index contributed by atoms with van der Waals surface area (Å²) in [7, 11) is 1.66. The quantitative estimate of drug-likeness (QED) is 0.743. The maximum absolute atomic E-state index is 10.3. The highest BCUT2D eigenvalue weighted by Gasteiger charge is 2.36. The largest absolute Gasteiger partial charge is 0.508 e. The van der Waals surface area contributed by atoms with Crippen LogP contribution in [-0.2, 0) is 6.54 Å². The number of benzene rings is 2. The maximum atomic E-state index is 10.3. The van der Waals surface area contributed by atoms with Crippen LogP contribution in [0.15, 0.2) is 42.5 Å². The van der Waals surface area contributed by atoms with Crippen LogP contribution in [-0.4, -0.2) is 42.8 Å². The number of rotatable bonds is 5. The van der Waals surface area contributed by atoms with Gasteiger partial charge < -0.3 is 9.84 Å². The number of ether oxygens (including phenoxy) is 1. The molecule has 0 saturated carbocycles. The minimum absolute atomic E-state index is 0.348. The number of hydrogen-bond acceptors (Lipinski definition) is 5. The first-order valence-electron chi connectivity index (χ1n) is 10.3. The lowest BCUT2D eigenvalue weighted by Crippen LogP contribution is -2.46. The van der Waals surface area contributed by atoms with Crippen molar-refractivity contribution in [1.82, 2.24) is 15.8 Å². The molecule has 3 N–H and O–H groups in total. The summed E-state index contributed by atoms with van der Waals surface area (Å²) in [5.74, 6) is 2.22. The van der Waals surface area contributed by atoms with Crippen LogP contribution in [0.1, 0.15) is 35.4 Å². The van der Waals surface area contributed by atoms with E-state index in [1.54, 1.807) is 19.2 Å². The first kappa shape index (κ1) is 19.2. The lowest BCUT2D eigenvalue weighted by Gasteiger charge is -2.37. The third-order valence-corrected chi connectivity index (χ3v) is 6.22. The van der Waals surface area contributed by atoms with Crippen molar-refractivity contribution < 1.29 is 9.84 Å². The highest BCUT2D eigenvalue weighted by atomic mass is 16.5. The standard InChI is InChI=1S/C23H31N3O2/c1-16-5-3-6-17(11-16)21-13-24-25-23(21)18-7-4-10-26(14-18)15-19-12-20(28-2)8-9-22(19)27/h3,5-6,8-9,11-12,18,21,23-25,27H,4,7,10,13-15H2,1-2H3. The predicted octanol–water partition coefficient (Wildman–Crippen LogP) is 3.18. The molecular formula is C23H31N3O2. The number of methoxy groups -OCH3 is 1. The second-order valence-electron chi connectivity index (χ2n) is 8.20. The molecular weight excluding hydrogens is 350 g/mol. The summed E-state index contributed by atoms with van der Waals surface area (Å²) in [6.45, 7) is 6.01. The predicted molar refractivity (Wildman–Crippen MR) is 112 cm³/mol. The first-order valence-corrected chi connectivity index (χ1v) is 10.3. The summed E-state index contributed by atoms with van der Waals surface area (Å²) in [5, 5.41) is 10.3. The van der Waals surface area contributed by atoms with Crippen LogP contribution in [0.3, 0.4) is 0 Å². The molecule has 4 rings (SSSR count). The lowest BCUT2D eigenvalue weighted by molar-refractivity contribution is 0.138. The number of piperidine rings is 1. The molecule has 0 aromatic heterocycles. The average Bonchev–Trinajstić information content (AvgIpc) is 3.20. The Balaban J connectivity index is 1.46. The fourth-order valence-corrected chi connectivity index (χ4v) is 4.77. The molecule has 0 aliphatic carbocycles. The Labute approximate surface area is 167 Å². The van der Waals surface area contributed by atoms with Crippen LogP contribution >= 0.6 is 0 Å². The second kappa shape index (κ2) is 8.52. The number of nitrogens with one attached hydrogen (secondary N) is 2. The van der Waals surface area contributed by atoms with Crippen LogP contribution in [0.25, 0.3) is 0 Å². The first-order chi connectivity index (χ1) is 13.6. The number of nitrogens with zero attached hydrogens (tertiary/aromatic N) is 1. The lowest BCUT2D eigenvalue weighted by atomic mass is 9.81. The third-order valence-electron chi connectivity index (χ3n) is 6.22. The van der Waals surface area contributed by atoms with E-state index in [0.29, 0.717) is 23.6 Å². The zero-order valence-corrected chi connectivity index (χ0v) is 16.8. The van der Waals surface area contributed by atoms with Gasteiger partial charge in [0.25, 0.3) is 0 Å². The van der Waals surface area contributed by atoms with Crippen molar-refractivity contribution in [2.24, 2.45) is 5.92 Å². The summed E-state index contributed by atoms with van der Waals surface area (Å²) < 4.78 is 5.33. The van der Waals surface area contributed by atoms with Crippen molar-refractivity contribution in [3.05, 3.63) is 59.2 Å². The normalized spacial score (nSPS) is 25.7. The van der Waals surface area contributed by atoms with Crippen LogP contribution in [0.5, 0.6) is 11.5 Å². The summed E-state index contributed by atoms with van der Waals surface area (Å²) >= 11 is 0. The molecule has 2 aromatic rings. The summed E-state index contributed by atoms with van der Waals surface area (Å²) in [4.78, 5) is 2.47. The maximum Gasteiger partial charge on any atom is 0.120 e. The van der Waals surface area contributed by atoms with Crippen molar-refractivity contribution >= 4 is 0 Å². The summed E-state index contributed by atoms with van der Waals surface area (Å²) in [6.07, 6.45) is 2.43. The number of hydrogen-bond donors (Lipinski definition) is 3. The number of likely N-dealkylation sites (tertiary alicyclic amines) is 1. The van der Waals surface area contributed by atoms with Gasteiger partial charge >= 0.3 is 0 Å². The van der Waals surface area contributed by atoms with Crippen LogP contribution < -0.4 is 15.6 Å². The van der Waals surface area contributed by atoms with E-state index in [1.807, 2.05) is 6.07 Å². The topological polar surface area (TPSA) is 56.8 Å². The Bertz CT molecular complexity index is 810. The van der Waals surface area contributed by atoms with Gasteiger partial charge in [-0.3, -0.25) is 15.8 Å². The highest BCUT2D eigenvalue weighted by Crippen LogP contribution is 2.33. The van der Waals surface area contributed by atoms with Crippen molar-refractivity contribution in [1.29, 1.82) is 0 Å². The Morgan fingerprint density at radius 1 is 1.21 bits per heavy atom. The molecule has 5 nitrogen and oxygen atoms in total. The molecule has 150 valence electrons. The van der Waals surface area contributed by atoms with E-state index in [1.165, 1.54) is 24.0 Å². The van der Waals surface area contributed by atoms with E-state index >= 15 is 0 Å². The van der Waals surface area contributed by atoms with E-state index in [4.69, 9.17) is 4.74 Å². The number of aryl methyl sites for hydroxylation is 1. The molecule has 2 heterocycles. The number of phenolic OH excluding ortho intramolecular Hbond substituents is 1. The van der Waals surface area contributed by atoms with Gasteiger partial charge in [-0.25, -0.2) is 0 Å². The van der Waals surface area contributed by atoms with Crippen molar-refractivity contribution in [3.63, 3.8) is 0 Å². The van der Waals surface area contributed by atoms with Gasteiger partial charge in [-0.1, -0.05) is 29.8 Å². The van der Waals surface area contributed by atoms with Gasteiger partial charge in [0.2, 0.25) is 0 Å². The summed E-state index contributed by atoms with van der Waals surface area (Å²) in [6, 6.07) is 14.8. The van der Waals surface area contributed by atoms with E-state index < -0.39 is 0 Å². The average molecular weight is 382 g/mol. The van der Waals surface area contributed by atoms with Crippen molar-refractivity contribution in [2.75, 3.05) is 26.7 Å². The molecule has 2 aliphatic heterocycles. The van der Waals surface area contributed by atoms with Crippen LogP contribution in [0.4, 0.5) is 0 Å². The molecule has 28 heavy (non-hydrogen) atoms. The van der Waals surface area contributed by atoms with Gasteiger partial charge in [0, 0.05) is 37.2 Å². The second-order valence-corrected chi connectivity index (χ2v) is 8.20. The van der Waals surface area contributed by atoms with Crippen LogP contribution in [0.2, 0.25) is 0 Å². The zero-order valence-electron chi connectivity index (χ0n) is 16.8. The minimum atomic E-state index is 0.348. The molecule has 5 heteroatoms. The molecule has 3 unspecified atom stereocenters. The summed E-state index contributed by atoms with van der Waals surface area (Å²) in [5.41, 5.74) is 10.6. The molecule has 2 aliphatic rings. The molecule has 0 bridgehead atoms. The minimum Gasteiger partial charge on any atom is -0.508 e. The molecule has 2 aromatic carbocycles. The number of phenols is 1. The Hall–Kier alpha value is -2.08. The Morgan fingerprint density at radius 3 is 2.93 bits per heavy atom. The van der Waals surface area contributed by atoms with Crippen LogP contribution in [0, 0.1) is 12.8 Å².